The molecule has 1 atom stereocenters. The summed E-state index contributed by atoms with van der Waals surface area (Å²) in [4.78, 5) is 35.1. The van der Waals surface area contributed by atoms with Crippen molar-refractivity contribution in [3.63, 3.8) is 0 Å². The van der Waals surface area contributed by atoms with Gasteiger partial charge in [0.2, 0.25) is 6.79 Å². The van der Waals surface area contributed by atoms with Gasteiger partial charge in [-0.3, -0.25) is 4.79 Å². The molecule has 1 aromatic rings. The molecule has 1 aliphatic heterocycles. The van der Waals surface area contributed by atoms with E-state index in [1.54, 1.807) is 12.1 Å². The topological polar surface area (TPSA) is 117 Å². The van der Waals surface area contributed by atoms with Gasteiger partial charge in [0.1, 0.15) is 6.04 Å². The zero-order valence-corrected chi connectivity index (χ0v) is 13.9. The van der Waals surface area contributed by atoms with Gasteiger partial charge in [-0.2, -0.15) is 11.8 Å². The third-order valence-corrected chi connectivity index (χ3v) is 3.90. The van der Waals surface area contributed by atoms with E-state index in [9.17, 15) is 14.4 Å². The first-order chi connectivity index (χ1) is 11.5. The van der Waals surface area contributed by atoms with Gasteiger partial charge in [0, 0.05) is 5.56 Å². The van der Waals surface area contributed by atoms with Gasteiger partial charge in [-0.1, -0.05) is 0 Å². The average molecular weight is 354 g/mol. The lowest BCUT2D eigenvalue weighted by atomic mass is 10.1. The molecule has 3 N–H and O–H groups in total. The number of carbonyl (C=O) groups is 3. The molecule has 2 rings (SSSR count). The second kappa shape index (κ2) is 8.44. The highest BCUT2D eigenvalue weighted by atomic mass is 32.2. The number of Topliss-reactive ketones (excluding diaryl/α,β-unsaturated/α-hetero) is 1. The van der Waals surface area contributed by atoms with Gasteiger partial charge in [-0.25, -0.2) is 9.59 Å². The summed E-state index contributed by atoms with van der Waals surface area (Å²) in [6.45, 7) is -0.327. The summed E-state index contributed by atoms with van der Waals surface area (Å²) < 4.78 is 15.4. The molecule has 8 nitrogen and oxygen atoms in total. The highest BCUT2D eigenvalue weighted by molar-refractivity contribution is 7.98. The highest BCUT2D eigenvalue weighted by Gasteiger charge is 2.23. The molecule has 0 radical (unpaired) electrons. The summed E-state index contributed by atoms with van der Waals surface area (Å²) in [6, 6.07) is 3.02. The van der Waals surface area contributed by atoms with E-state index in [0.29, 0.717) is 29.2 Å². The molecule has 0 saturated heterocycles. The van der Waals surface area contributed by atoms with E-state index in [1.807, 2.05) is 6.26 Å². The minimum atomic E-state index is -0.875. The van der Waals surface area contributed by atoms with E-state index in [2.05, 4.69) is 5.32 Å². The van der Waals surface area contributed by atoms with Crippen molar-refractivity contribution >= 4 is 29.5 Å². The molecule has 0 unspecified atom stereocenters. The number of benzene rings is 1. The Labute approximate surface area is 143 Å². The quantitative estimate of drug-likeness (QED) is 0.527. The van der Waals surface area contributed by atoms with Crippen LogP contribution in [-0.4, -0.2) is 49.2 Å². The van der Waals surface area contributed by atoms with Crippen LogP contribution in [0.2, 0.25) is 0 Å². The number of ketones is 1. The molecule has 24 heavy (non-hydrogen) atoms. The van der Waals surface area contributed by atoms with E-state index in [0.717, 1.165) is 0 Å². The van der Waals surface area contributed by atoms with Crippen molar-refractivity contribution in [2.75, 3.05) is 25.4 Å². The number of thioether (sulfide) groups is 1. The first-order valence-electron chi connectivity index (χ1n) is 7.15. The SMILES string of the molecule is CSCC[C@@H](NC(N)=O)C(=O)OCC(=O)c1ccc2c(c1)OCO2. The van der Waals surface area contributed by atoms with Crippen LogP contribution in [0.1, 0.15) is 16.8 Å². The van der Waals surface area contributed by atoms with Crippen molar-refractivity contribution in [2.24, 2.45) is 5.73 Å². The number of hydrogen-bond donors (Lipinski definition) is 2. The number of nitrogens with one attached hydrogen (secondary N) is 1. The molecule has 9 heteroatoms. The van der Waals surface area contributed by atoms with Gasteiger partial charge < -0.3 is 25.3 Å². The minimum Gasteiger partial charge on any atom is -0.456 e. The van der Waals surface area contributed by atoms with Crippen LogP contribution in [-0.2, 0) is 9.53 Å². The van der Waals surface area contributed by atoms with E-state index in [4.69, 9.17) is 19.9 Å². The standard InChI is InChI=1S/C15H18N2O6S/c1-24-5-4-10(17-15(16)20)14(19)21-7-11(18)9-2-3-12-13(6-9)23-8-22-12/h2-3,6,10H,4-5,7-8H2,1H3,(H3,16,17,20)/t10-/m1/s1. The predicted molar refractivity (Wildman–Crippen MR) is 87.4 cm³/mol. The Kier molecular flexibility index (Phi) is 6.30. The number of esters is 1. The fourth-order valence-electron chi connectivity index (χ4n) is 2.05. The Bertz CT molecular complexity index is 636. The normalized spacial score (nSPS) is 13.2. The van der Waals surface area contributed by atoms with Gasteiger partial charge in [-0.15, -0.1) is 0 Å². The molecule has 0 bridgehead atoms. The van der Waals surface area contributed by atoms with Crippen LogP contribution in [0, 0.1) is 0 Å². The highest BCUT2D eigenvalue weighted by Crippen LogP contribution is 2.32. The van der Waals surface area contributed by atoms with E-state index in [1.165, 1.54) is 17.8 Å². The summed E-state index contributed by atoms with van der Waals surface area (Å²) in [7, 11) is 0. The number of ether oxygens (including phenoxy) is 3. The van der Waals surface area contributed by atoms with Crippen molar-refractivity contribution in [1.29, 1.82) is 0 Å². The van der Waals surface area contributed by atoms with Gasteiger partial charge in [0.25, 0.3) is 0 Å². The molecule has 0 spiro atoms. The maximum atomic E-state index is 12.1. The predicted octanol–water partition coefficient (Wildman–Crippen LogP) is 0.931. The van der Waals surface area contributed by atoms with Gasteiger partial charge in [0.05, 0.1) is 0 Å². The number of hydrogen-bond acceptors (Lipinski definition) is 7. The van der Waals surface area contributed by atoms with Gasteiger partial charge >= 0.3 is 12.0 Å². The van der Waals surface area contributed by atoms with E-state index in [-0.39, 0.29) is 12.6 Å². The molecule has 0 fully saturated rings. The summed E-state index contributed by atoms with van der Waals surface area (Å²) in [5.74, 6) is 0.587. The summed E-state index contributed by atoms with van der Waals surface area (Å²) in [5.41, 5.74) is 5.39. The zero-order valence-electron chi connectivity index (χ0n) is 13.1. The van der Waals surface area contributed by atoms with Crippen molar-refractivity contribution < 1.29 is 28.6 Å². The number of amides is 2. The number of rotatable bonds is 8. The Morgan fingerprint density at radius 1 is 1.33 bits per heavy atom. The van der Waals surface area contributed by atoms with Crippen LogP contribution in [0.3, 0.4) is 0 Å². The first-order valence-corrected chi connectivity index (χ1v) is 8.55. The van der Waals surface area contributed by atoms with Gasteiger partial charge in [-0.05, 0) is 36.6 Å². The molecule has 1 aromatic carbocycles. The van der Waals surface area contributed by atoms with Crippen molar-refractivity contribution in [2.45, 2.75) is 12.5 Å². The van der Waals surface area contributed by atoms with Crippen molar-refractivity contribution in [3.05, 3.63) is 23.8 Å². The maximum absolute atomic E-state index is 12.1. The smallest absolute Gasteiger partial charge is 0.329 e. The van der Waals surface area contributed by atoms with Crippen LogP contribution in [0.15, 0.2) is 18.2 Å². The third kappa shape index (κ3) is 4.79. The molecule has 0 saturated carbocycles. The van der Waals surface area contributed by atoms with Crippen LogP contribution >= 0.6 is 11.8 Å². The summed E-state index contributed by atoms with van der Waals surface area (Å²) in [5, 5.41) is 2.32. The Morgan fingerprint density at radius 3 is 2.79 bits per heavy atom. The average Bonchev–Trinajstić information content (AvgIpc) is 3.03. The number of urea groups is 1. The monoisotopic (exact) mass is 354 g/mol. The minimum absolute atomic E-state index is 0.109. The Balaban J connectivity index is 1.91. The number of carbonyl (C=O) groups excluding carboxylic acids is 3. The van der Waals surface area contributed by atoms with Crippen molar-refractivity contribution in [3.8, 4) is 11.5 Å². The van der Waals surface area contributed by atoms with E-state index < -0.39 is 24.6 Å². The number of primary amides is 1. The Morgan fingerprint density at radius 2 is 2.08 bits per heavy atom. The van der Waals surface area contributed by atoms with Gasteiger partial charge in [0.15, 0.2) is 23.9 Å². The van der Waals surface area contributed by atoms with E-state index >= 15 is 0 Å². The van der Waals surface area contributed by atoms with Crippen LogP contribution in [0.4, 0.5) is 4.79 Å². The summed E-state index contributed by atoms with van der Waals surface area (Å²) >= 11 is 1.51. The molecular formula is C15H18N2O6S. The lowest BCUT2D eigenvalue weighted by Gasteiger charge is -2.15. The lowest BCUT2D eigenvalue weighted by molar-refractivity contribution is -0.144. The van der Waals surface area contributed by atoms with Crippen molar-refractivity contribution in [1.82, 2.24) is 5.32 Å². The molecule has 1 heterocycles. The fourth-order valence-corrected chi connectivity index (χ4v) is 2.52. The van der Waals surface area contributed by atoms with Crippen LogP contribution in [0.25, 0.3) is 0 Å². The fraction of sp³-hybridized carbons (Fsp3) is 0.400. The lowest BCUT2D eigenvalue weighted by Crippen LogP contribution is -2.45. The summed E-state index contributed by atoms with van der Waals surface area (Å²) in [6.07, 6.45) is 2.23. The zero-order chi connectivity index (χ0) is 17.5. The number of fused-ring (bicyclic) bond motifs is 1. The molecular weight excluding hydrogens is 336 g/mol. The maximum Gasteiger partial charge on any atom is 0.329 e. The number of nitrogens with two attached hydrogens (primary N) is 1. The molecule has 0 aromatic heterocycles. The molecule has 2 amide bonds. The molecule has 130 valence electrons. The second-order valence-corrected chi connectivity index (χ2v) is 5.93. The largest absolute Gasteiger partial charge is 0.456 e. The second-order valence-electron chi connectivity index (χ2n) is 4.94. The van der Waals surface area contributed by atoms with Crippen LogP contribution < -0.4 is 20.5 Å². The first kappa shape index (κ1) is 17.9. The Hall–Kier alpha value is -2.42. The molecule has 1 aliphatic rings. The van der Waals surface area contributed by atoms with Crippen LogP contribution in [0.5, 0.6) is 11.5 Å². The third-order valence-electron chi connectivity index (χ3n) is 3.25. The molecule has 0 aliphatic carbocycles.